The number of carboxylic acid groups (broad SMARTS) is 1. The van der Waals surface area contributed by atoms with E-state index in [1.54, 1.807) is 4.90 Å². The van der Waals surface area contributed by atoms with Gasteiger partial charge in [-0.25, -0.2) is 0 Å². The molecule has 2 rings (SSSR count). The molecular weight excluding hydrogens is 234 g/mol. The largest absolute Gasteiger partial charge is 0.481 e. The van der Waals surface area contributed by atoms with Gasteiger partial charge < -0.3 is 14.7 Å². The van der Waals surface area contributed by atoms with Crippen LogP contribution in [0, 0.1) is 11.8 Å². The average Bonchev–Trinajstić information content (AvgIpc) is 2.94. The number of rotatable bonds is 4. The van der Waals surface area contributed by atoms with Gasteiger partial charge in [-0.2, -0.15) is 0 Å². The first-order valence-corrected chi connectivity index (χ1v) is 6.70. The second-order valence-electron chi connectivity index (χ2n) is 5.44. The van der Waals surface area contributed by atoms with E-state index in [4.69, 9.17) is 9.84 Å². The summed E-state index contributed by atoms with van der Waals surface area (Å²) in [6.07, 6.45) is 4.67. The van der Waals surface area contributed by atoms with Gasteiger partial charge in [0.15, 0.2) is 0 Å². The first-order chi connectivity index (χ1) is 8.58. The third kappa shape index (κ3) is 3.02. The van der Waals surface area contributed by atoms with Crippen LogP contribution >= 0.6 is 0 Å². The maximum absolute atomic E-state index is 11.9. The Bertz CT molecular complexity index is 325. The van der Waals surface area contributed by atoms with Crippen LogP contribution in [0.2, 0.25) is 0 Å². The Hall–Kier alpha value is -1.10. The van der Waals surface area contributed by atoms with Crippen molar-refractivity contribution in [2.24, 2.45) is 11.8 Å². The lowest BCUT2D eigenvalue weighted by Gasteiger charge is -2.17. The molecule has 1 saturated heterocycles. The standard InChI is InChI=1S/C13H21NO4/c1-9-6-14(7-11(9)13(16)17)12(15)8-18-10-4-2-3-5-10/h9-11H,2-8H2,1H3,(H,16,17)/t9-,11-/m1/s1. The van der Waals surface area contributed by atoms with E-state index in [2.05, 4.69) is 0 Å². The Morgan fingerprint density at radius 2 is 1.94 bits per heavy atom. The summed E-state index contributed by atoms with van der Waals surface area (Å²) in [6.45, 7) is 2.83. The van der Waals surface area contributed by atoms with Gasteiger partial charge in [0, 0.05) is 13.1 Å². The second kappa shape index (κ2) is 5.69. The summed E-state index contributed by atoms with van der Waals surface area (Å²) < 4.78 is 5.57. The van der Waals surface area contributed by atoms with Crippen LogP contribution in [0.15, 0.2) is 0 Å². The fourth-order valence-corrected chi connectivity index (χ4v) is 2.83. The molecular formula is C13H21NO4. The van der Waals surface area contributed by atoms with Gasteiger partial charge in [-0.05, 0) is 18.8 Å². The minimum Gasteiger partial charge on any atom is -0.481 e. The molecule has 1 saturated carbocycles. The summed E-state index contributed by atoms with van der Waals surface area (Å²) in [4.78, 5) is 24.5. The first-order valence-electron chi connectivity index (χ1n) is 6.70. The van der Waals surface area contributed by atoms with E-state index in [0.717, 1.165) is 12.8 Å². The molecule has 0 bridgehead atoms. The number of carboxylic acids is 1. The molecule has 1 aliphatic carbocycles. The van der Waals surface area contributed by atoms with Crippen LogP contribution in [0.4, 0.5) is 0 Å². The van der Waals surface area contributed by atoms with Gasteiger partial charge in [-0.15, -0.1) is 0 Å². The molecule has 5 heteroatoms. The molecule has 0 radical (unpaired) electrons. The van der Waals surface area contributed by atoms with Crippen molar-refractivity contribution in [2.75, 3.05) is 19.7 Å². The normalized spacial score (nSPS) is 28.8. The molecule has 102 valence electrons. The Labute approximate surface area is 107 Å². The van der Waals surface area contributed by atoms with E-state index in [9.17, 15) is 9.59 Å². The zero-order valence-corrected chi connectivity index (χ0v) is 10.8. The van der Waals surface area contributed by atoms with E-state index >= 15 is 0 Å². The van der Waals surface area contributed by atoms with E-state index < -0.39 is 11.9 Å². The summed E-state index contributed by atoms with van der Waals surface area (Å²) in [5.74, 6) is -1.29. The van der Waals surface area contributed by atoms with Gasteiger partial charge >= 0.3 is 5.97 Å². The maximum atomic E-state index is 11.9. The highest BCUT2D eigenvalue weighted by Crippen LogP contribution is 2.24. The van der Waals surface area contributed by atoms with Crippen LogP contribution in [0.3, 0.4) is 0 Å². The summed E-state index contributed by atoms with van der Waals surface area (Å²) >= 11 is 0. The highest BCUT2D eigenvalue weighted by atomic mass is 16.5. The molecule has 2 fully saturated rings. The first kappa shape index (κ1) is 13.3. The fourth-order valence-electron chi connectivity index (χ4n) is 2.83. The Kier molecular flexibility index (Phi) is 4.22. The molecule has 1 N–H and O–H groups in total. The van der Waals surface area contributed by atoms with Crippen molar-refractivity contribution in [2.45, 2.75) is 38.7 Å². The molecule has 0 spiro atoms. The smallest absolute Gasteiger partial charge is 0.308 e. The van der Waals surface area contributed by atoms with Crippen LogP contribution in [0.1, 0.15) is 32.6 Å². The maximum Gasteiger partial charge on any atom is 0.308 e. The highest BCUT2D eigenvalue weighted by molar-refractivity contribution is 5.79. The molecule has 0 unspecified atom stereocenters. The Balaban J connectivity index is 1.77. The number of hydrogen-bond acceptors (Lipinski definition) is 3. The van der Waals surface area contributed by atoms with Crippen LogP contribution in [-0.2, 0) is 14.3 Å². The summed E-state index contributed by atoms with van der Waals surface area (Å²) in [6, 6.07) is 0. The molecule has 1 amide bonds. The predicted molar refractivity (Wildman–Crippen MR) is 65.1 cm³/mol. The molecule has 1 heterocycles. The zero-order valence-electron chi connectivity index (χ0n) is 10.8. The number of ether oxygens (including phenoxy) is 1. The van der Waals surface area contributed by atoms with Gasteiger partial charge in [0.25, 0.3) is 0 Å². The molecule has 1 aliphatic heterocycles. The molecule has 5 nitrogen and oxygen atoms in total. The van der Waals surface area contributed by atoms with Crippen molar-refractivity contribution in [1.29, 1.82) is 0 Å². The number of hydrogen-bond donors (Lipinski definition) is 1. The molecule has 0 aromatic rings. The number of likely N-dealkylation sites (tertiary alicyclic amines) is 1. The molecule has 2 atom stereocenters. The average molecular weight is 255 g/mol. The lowest BCUT2D eigenvalue weighted by molar-refractivity contribution is -0.142. The number of amides is 1. The SMILES string of the molecule is C[C@@H]1CN(C(=O)COC2CCCC2)C[C@H]1C(=O)O. The van der Waals surface area contributed by atoms with E-state index in [0.29, 0.717) is 13.1 Å². The third-order valence-corrected chi connectivity index (χ3v) is 4.03. The third-order valence-electron chi connectivity index (χ3n) is 4.03. The zero-order chi connectivity index (χ0) is 13.1. The Morgan fingerprint density at radius 1 is 1.28 bits per heavy atom. The predicted octanol–water partition coefficient (Wildman–Crippen LogP) is 1.12. The summed E-state index contributed by atoms with van der Waals surface area (Å²) in [5, 5.41) is 9.02. The minimum absolute atomic E-state index is 0.0259. The van der Waals surface area contributed by atoms with Gasteiger partial charge in [0.1, 0.15) is 6.61 Å². The van der Waals surface area contributed by atoms with Crippen LogP contribution in [0.25, 0.3) is 0 Å². The van der Waals surface area contributed by atoms with E-state index in [-0.39, 0.29) is 24.5 Å². The molecule has 0 aromatic heterocycles. The number of aliphatic carboxylic acids is 1. The van der Waals surface area contributed by atoms with Crippen molar-refractivity contribution < 1.29 is 19.4 Å². The van der Waals surface area contributed by atoms with Crippen molar-refractivity contribution >= 4 is 11.9 Å². The van der Waals surface area contributed by atoms with E-state index in [1.165, 1.54) is 12.8 Å². The topological polar surface area (TPSA) is 66.8 Å². The molecule has 2 aliphatic rings. The quantitative estimate of drug-likeness (QED) is 0.817. The minimum atomic E-state index is -0.811. The second-order valence-corrected chi connectivity index (χ2v) is 5.44. The van der Waals surface area contributed by atoms with Gasteiger partial charge in [0.05, 0.1) is 12.0 Å². The lowest BCUT2D eigenvalue weighted by atomic mass is 9.99. The number of nitrogens with zero attached hydrogens (tertiary/aromatic N) is 1. The molecule has 18 heavy (non-hydrogen) atoms. The van der Waals surface area contributed by atoms with Gasteiger partial charge in [0.2, 0.25) is 5.91 Å². The summed E-state index contributed by atoms with van der Waals surface area (Å²) in [7, 11) is 0. The monoisotopic (exact) mass is 255 g/mol. The number of carbonyl (C=O) groups excluding carboxylic acids is 1. The fraction of sp³-hybridized carbons (Fsp3) is 0.846. The van der Waals surface area contributed by atoms with Crippen molar-refractivity contribution in [1.82, 2.24) is 4.90 Å². The summed E-state index contributed by atoms with van der Waals surface area (Å²) in [5.41, 5.74) is 0. The van der Waals surface area contributed by atoms with Crippen LogP contribution in [0.5, 0.6) is 0 Å². The van der Waals surface area contributed by atoms with Crippen molar-refractivity contribution in [3.05, 3.63) is 0 Å². The number of carbonyl (C=O) groups is 2. The highest BCUT2D eigenvalue weighted by Gasteiger charge is 2.36. The van der Waals surface area contributed by atoms with Crippen molar-refractivity contribution in [3.8, 4) is 0 Å². The Morgan fingerprint density at radius 3 is 2.50 bits per heavy atom. The van der Waals surface area contributed by atoms with Gasteiger partial charge in [-0.1, -0.05) is 19.8 Å². The van der Waals surface area contributed by atoms with E-state index in [1.807, 2.05) is 6.92 Å². The van der Waals surface area contributed by atoms with Gasteiger partial charge in [-0.3, -0.25) is 9.59 Å². The van der Waals surface area contributed by atoms with Crippen LogP contribution < -0.4 is 0 Å². The molecule has 0 aromatic carbocycles. The lowest BCUT2D eigenvalue weighted by Crippen LogP contribution is -2.34. The van der Waals surface area contributed by atoms with Crippen molar-refractivity contribution in [3.63, 3.8) is 0 Å². The van der Waals surface area contributed by atoms with Crippen LogP contribution in [-0.4, -0.2) is 47.7 Å².